The standard InChI is InChI=1S/C11H13BrN4O3S/c1-19-10-3-2-8(12)4-9(10)16-20(17,18)11-7(5-13)6-14-15-11/h2-4,6,16H,5,13H2,1H3,(H,14,15). The number of nitrogens with one attached hydrogen (secondary N) is 2. The fraction of sp³-hybridized carbons (Fsp3) is 0.182. The number of sulfonamides is 1. The van der Waals surface area contributed by atoms with Crippen LogP contribution in [0.2, 0.25) is 0 Å². The molecule has 1 aromatic carbocycles. The van der Waals surface area contributed by atoms with Crippen molar-refractivity contribution in [2.24, 2.45) is 5.73 Å². The van der Waals surface area contributed by atoms with Gasteiger partial charge in [-0.1, -0.05) is 15.9 Å². The first-order valence-electron chi connectivity index (χ1n) is 5.56. The molecule has 2 aromatic rings. The SMILES string of the molecule is COc1ccc(Br)cc1NS(=O)(=O)c1[nH]ncc1CN. The van der Waals surface area contributed by atoms with E-state index >= 15 is 0 Å². The molecule has 1 heterocycles. The highest BCUT2D eigenvalue weighted by Gasteiger charge is 2.21. The van der Waals surface area contributed by atoms with E-state index in [-0.39, 0.29) is 11.6 Å². The summed E-state index contributed by atoms with van der Waals surface area (Å²) in [5.41, 5.74) is 6.21. The van der Waals surface area contributed by atoms with Crippen molar-refractivity contribution in [2.75, 3.05) is 11.8 Å². The zero-order valence-electron chi connectivity index (χ0n) is 10.6. The molecule has 0 atom stereocenters. The molecule has 0 spiro atoms. The van der Waals surface area contributed by atoms with Crippen LogP contribution in [0.15, 0.2) is 33.9 Å². The Morgan fingerprint density at radius 1 is 1.50 bits per heavy atom. The van der Waals surface area contributed by atoms with Gasteiger partial charge in [0.1, 0.15) is 5.75 Å². The first-order chi connectivity index (χ1) is 9.47. The van der Waals surface area contributed by atoms with Crippen molar-refractivity contribution in [3.05, 3.63) is 34.4 Å². The molecule has 108 valence electrons. The average Bonchev–Trinajstić information content (AvgIpc) is 2.87. The van der Waals surface area contributed by atoms with E-state index in [2.05, 4.69) is 30.8 Å². The Balaban J connectivity index is 2.41. The number of nitrogens with two attached hydrogens (primary N) is 1. The maximum atomic E-state index is 12.3. The summed E-state index contributed by atoms with van der Waals surface area (Å²) in [6.45, 7) is 0.0718. The van der Waals surface area contributed by atoms with Crippen LogP contribution >= 0.6 is 15.9 Å². The first kappa shape index (κ1) is 14.8. The van der Waals surface area contributed by atoms with E-state index < -0.39 is 10.0 Å². The Hall–Kier alpha value is -1.58. The number of benzene rings is 1. The lowest BCUT2D eigenvalue weighted by Crippen LogP contribution is -2.16. The number of aromatic amines is 1. The molecular weight excluding hydrogens is 348 g/mol. The van der Waals surface area contributed by atoms with Crippen LogP contribution in [0, 0.1) is 0 Å². The molecule has 0 saturated heterocycles. The number of hydrogen-bond acceptors (Lipinski definition) is 5. The molecule has 7 nitrogen and oxygen atoms in total. The van der Waals surface area contributed by atoms with Gasteiger partial charge in [-0.05, 0) is 18.2 Å². The molecule has 0 saturated carbocycles. The summed E-state index contributed by atoms with van der Waals surface area (Å²) in [7, 11) is -2.35. The van der Waals surface area contributed by atoms with Crippen LogP contribution in [0.4, 0.5) is 5.69 Å². The predicted molar refractivity (Wildman–Crippen MR) is 78.0 cm³/mol. The van der Waals surface area contributed by atoms with E-state index in [9.17, 15) is 8.42 Å². The molecule has 0 unspecified atom stereocenters. The highest BCUT2D eigenvalue weighted by Crippen LogP contribution is 2.30. The number of methoxy groups -OCH3 is 1. The zero-order valence-corrected chi connectivity index (χ0v) is 13.0. The van der Waals surface area contributed by atoms with Crippen molar-refractivity contribution in [3.8, 4) is 5.75 Å². The molecule has 0 bridgehead atoms. The number of aromatic nitrogens is 2. The number of nitrogens with zero attached hydrogens (tertiary/aromatic N) is 1. The fourth-order valence-corrected chi connectivity index (χ4v) is 3.20. The van der Waals surface area contributed by atoms with E-state index in [4.69, 9.17) is 10.5 Å². The lowest BCUT2D eigenvalue weighted by Gasteiger charge is -2.12. The minimum absolute atomic E-state index is 0.0537. The highest BCUT2D eigenvalue weighted by atomic mass is 79.9. The van der Waals surface area contributed by atoms with Gasteiger partial charge in [0.2, 0.25) is 0 Å². The van der Waals surface area contributed by atoms with Crippen LogP contribution in [0.25, 0.3) is 0 Å². The molecule has 1 aromatic heterocycles. The quantitative estimate of drug-likeness (QED) is 0.747. The monoisotopic (exact) mass is 360 g/mol. The van der Waals surface area contributed by atoms with Crippen molar-refractivity contribution in [1.29, 1.82) is 0 Å². The van der Waals surface area contributed by atoms with Crippen molar-refractivity contribution >= 4 is 31.6 Å². The van der Waals surface area contributed by atoms with Gasteiger partial charge in [0.15, 0.2) is 5.03 Å². The van der Waals surface area contributed by atoms with Gasteiger partial charge in [-0.15, -0.1) is 0 Å². The Labute approximate surface area is 124 Å². The minimum Gasteiger partial charge on any atom is -0.495 e. The summed E-state index contributed by atoms with van der Waals surface area (Å²) in [5, 5.41) is 6.08. The molecule has 0 radical (unpaired) electrons. The summed E-state index contributed by atoms with van der Waals surface area (Å²) in [5.74, 6) is 0.408. The van der Waals surface area contributed by atoms with Crippen LogP contribution in [-0.4, -0.2) is 25.7 Å². The Morgan fingerprint density at radius 2 is 2.25 bits per heavy atom. The fourth-order valence-electron chi connectivity index (χ4n) is 1.63. The van der Waals surface area contributed by atoms with Gasteiger partial charge < -0.3 is 10.5 Å². The van der Waals surface area contributed by atoms with Gasteiger partial charge in [0.05, 0.1) is 19.0 Å². The van der Waals surface area contributed by atoms with Crippen molar-refractivity contribution in [1.82, 2.24) is 10.2 Å². The number of anilines is 1. The second-order valence-corrected chi connectivity index (χ2v) is 6.41. The molecule has 0 fully saturated rings. The summed E-state index contributed by atoms with van der Waals surface area (Å²) in [4.78, 5) is 0. The summed E-state index contributed by atoms with van der Waals surface area (Å²) in [6.07, 6.45) is 1.38. The summed E-state index contributed by atoms with van der Waals surface area (Å²) >= 11 is 3.28. The third kappa shape index (κ3) is 2.94. The lowest BCUT2D eigenvalue weighted by molar-refractivity contribution is 0.417. The normalized spacial score (nSPS) is 11.3. The van der Waals surface area contributed by atoms with E-state index in [0.717, 1.165) is 4.47 Å². The van der Waals surface area contributed by atoms with Crippen LogP contribution in [0.5, 0.6) is 5.75 Å². The zero-order chi connectivity index (χ0) is 14.8. The number of halogens is 1. The van der Waals surface area contributed by atoms with E-state index in [1.807, 2.05) is 0 Å². The predicted octanol–water partition coefficient (Wildman–Crippen LogP) is 1.44. The first-order valence-corrected chi connectivity index (χ1v) is 7.84. The van der Waals surface area contributed by atoms with Gasteiger partial charge in [0.25, 0.3) is 10.0 Å². The molecule has 0 amide bonds. The van der Waals surface area contributed by atoms with Gasteiger partial charge in [-0.3, -0.25) is 9.82 Å². The molecule has 0 aliphatic carbocycles. The smallest absolute Gasteiger partial charge is 0.279 e. The Morgan fingerprint density at radius 3 is 2.90 bits per heavy atom. The van der Waals surface area contributed by atoms with Gasteiger partial charge in [-0.25, -0.2) is 0 Å². The molecule has 20 heavy (non-hydrogen) atoms. The molecule has 0 aliphatic rings. The van der Waals surface area contributed by atoms with Crippen molar-refractivity contribution in [3.63, 3.8) is 0 Å². The van der Waals surface area contributed by atoms with Crippen LogP contribution < -0.4 is 15.2 Å². The Bertz CT molecular complexity index is 714. The summed E-state index contributed by atoms with van der Waals surface area (Å²) < 4.78 is 32.9. The van der Waals surface area contributed by atoms with Crippen LogP contribution in [-0.2, 0) is 16.6 Å². The molecule has 0 aliphatic heterocycles. The summed E-state index contributed by atoms with van der Waals surface area (Å²) in [6, 6.07) is 5.01. The molecule has 4 N–H and O–H groups in total. The van der Waals surface area contributed by atoms with E-state index in [1.165, 1.54) is 13.3 Å². The topological polar surface area (TPSA) is 110 Å². The molecular formula is C11H13BrN4O3S. The highest BCUT2D eigenvalue weighted by molar-refractivity contribution is 9.10. The van der Waals surface area contributed by atoms with E-state index in [1.54, 1.807) is 18.2 Å². The second kappa shape index (κ2) is 5.81. The minimum atomic E-state index is -3.81. The van der Waals surface area contributed by atoms with Crippen molar-refractivity contribution in [2.45, 2.75) is 11.6 Å². The average molecular weight is 361 g/mol. The largest absolute Gasteiger partial charge is 0.495 e. The lowest BCUT2D eigenvalue weighted by atomic mass is 10.3. The number of rotatable bonds is 5. The van der Waals surface area contributed by atoms with Crippen molar-refractivity contribution < 1.29 is 13.2 Å². The number of H-pyrrole nitrogens is 1. The molecule has 9 heteroatoms. The Kier molecular flexibility index (Phi) is 4.31. The van der Waals surface area contributed by atoms with Crippen LogP contribution in [0.1, 0.15) is 5.56 Å². The third-order valence-corrected chi connectivity index (χ3v) is 4.45. The molecule has 2 rings (SSSR count). The van der Waals surface area contributed by atoms with E-state index in [0.29, 0.717) is 17.0 Å². The van der Waals surface area contributed by atoms with Gasteiger partial charge in [0, 0.05) is 16.6 Å². The van der Waals surface area contributed by atoms with Crippen LogP contribution in [0.3, 0.4) is 0 Å². The maximum Gasteiger partial charge on any atom is 0.279 e. The van der Waals surface area contributed by atoms with Gasteiger partial charge in [-0.2, -0.15) is 13.5 Å². The number of hydrogen-bond donors (Lipinski definition) is 3. The van der Waals surface area contributed by atoms with Gasteiger partial charge >= 0.3 is 0 Å². The maximum absolute atomic E-state index is 12.3. The number of ether oxygens (including phenoxy) is 1. The second-order valence-electron chi connectivity index (χ2n) is 3.88. The third-order valence-electron chi connectivity index (χ3n) is 2.57.